The van der Waals surface area contributed by atoms with Crippen molar-refractivity contribution in [1.82, 2.24) is 14.8 Å². The van der Waals surface area contributed by atoms with Gasteiger partial charge >= 0.3 is 0 Å². The van der Waals surface area contributed by atoms with Gasteiger partial charge in [-0.1, -0.05) is 12.1 Å². The van der Waals surface area contributed by atoms with Gasteiger partial charge in [-0.2, -0.15) is 4.98 Å². The molecule has 1 aliphatic carbocycles. The summed E-state index contributed by atoms with van der Waals surface area (Å²) in [7, 11) is 4.66. The highest BCUT2D eigenvalue weighted by Gasteiger charge is 2.37. The molecule has 2 N–H and O–H groups in total. The van der Waals surface area contributed by atoms with Crippen molar-refractivity contribution in [2.24, 2.45) is 0 Å². The van der Waals surface area contributed by atoms with Gasteiger partial charge in [0.1, 0.15) is 11.8 Å². The third-order valence-corrected chi connectivity index (χ3v) is 5.98. The molecule has 2 heterocycles. The number of aromatic nitrogens is 3. The summed E-state index contributed by atoms with van der Waals surface area (Å²) in [6.07, 6.45) is 2.00. The lowest BCUT2D eigenvalue weighted by Crippen LogP contribution is -2.31. The molecule has 1 aromatic heterocycles. The lowest BCUT2D eigenvalue weighted by atomic mass is 9.85. The number of nitrogens with one attached hydrogen (secondary N) is 1. The van der Waals surface area contributed by atoms with E-state index in [1.54, 1.807) is 44.2 Å². The van der Waals surface area contributed by atoms with Crippen molar-refractivity contribution in [1.29, 1.82) is 0 Å². The number of nitrogens with zero attached hydrogens (tertiary/aromatic N) is 3. The number of benzene rings is 2. The Morgan fingerprint density at radius 3 is 2.48 bits per heavy atom. The van der Waals surface area contributed by atoms with Crippen LogP contribution in [0.5, 0.6) is 23.0 Å². The monoisotopic (exact) mass is 448 g/mol. The number of rotatable bonds is 5. The van der Waals surface area contributed by atoms with Crippen molar-refractivity contribution < 1.29 is 24.1 Å². The highest BCUT2D eigenvalue weighted by molar-refractivity contribution is 5.99. The fourth-order valence-electron chi connectivity index (χ4n) is 4.49. The van der Waals surface area contributed by atoms with E-state index in [0.29, 0.717) is 46.6 Å². The van der Waals surface area contributed by atoms with Crippen molar-refractivity contribution in [3.63, 3.8) is 0 Å². The molecule has 0 fully saturated rings. The first-order chi connectivity index (χ1) is 16.0. The molecular weight excluding hydrogens is 424 g/mol. The zero-order valence-electron chi connectivity index (χ0n) is 18.6. The van der Waals surface area contributed by atoms with E-state index in [0.717, 1.165) is 24.1 Å². The van der Waals surface area contributed by atoms with E-state index in [4.69, 9.17) is 19.3 Å². The normalized spacial score (nSPS) is 17.2. The van der Waals surface area contributed by atoms with Crippen molar-refractivity contribution in [2.75, 3.05) is 26.6 Å². The van der Waals surface area contributed by atoms with Gasteiger partial charge in [0.2, 0.25) is 11.7 Å². The molecule has 0 unspecified atom stereocenters. The molecule has 0 spiro atoms. The van der Waals surface area contributed by atoms with Crippen LogP contribution in [-0.4, -0.2) is 47.0 Å². The van der Waals surface area contributed by atoms with Crippen molar-refractivity contribution in [3.05, 3.63) is 53.2 Å². The summed E-state index contributed by atoms with van der Waals surface area (Å²) in [4.78, 5) is 17.8. The minimum atomic E-state index is -0.517. The summed E-state index contributed by atoms with van der Waals surface area (Å²) in [5.74, 6) is 2.63. The fraction of sp³-hybridized carbons (Fsp3) is 0.292. The zero-order valence-corrected chi connectivity index (χ0v) is 18.6. The molecule has 2 aromatic carbocycles. The summed E-state index contributed by atoms with van der Waals surface area (Å²) < 4.78 is 18.3. The number of ketones is 1. The van der Waals surface area contributed by atoms with E-state index in [-0.39, 0.29) is 11.5 Å². The number of fused-ring (bicyclic) bond motifs is 1. The number of anilines is 1. The Morgan fingerprint density at radius 2 is 1.82 bits per heavy atom. The molecule has 33 heavy (non-hydrogen) atoms. The molecule has 0 bridgehead atoms. The quantitative estimate of drug-likeness (QED) is 0.608. The Bertz CT molecular complexity index is 1250. The van der Waals surface area contributed by atoms with Crippen LogP contribution in [0.15, 0.2) is 47.7 Å². The number of Topliss-reactive ketones (excluding diaryl/α,β-unsaturated/α-hetero) is 1. The SMILES string of the molecule is COc1cc([C@@H]2C3=C(CCCC3=O)Nc3nc(-c4cccc(O)c4)nn32)cc(OC)c1OC. The third kappa shape index (κ3) is 3.45. The summed E-state index contributed by atoms with van der Waals surface area (Å²) in [5, 5.41) is 17.9. The van der Waals surface area contributed by atoms with Crippen LogP contribution in [0.25, 0.3) is 11.4 Å². The Morgan fingerprint density at radius 1 is 1.06 bits per heavy atom. The first-order valence-corrected chi connectivity index (χ1v) is 10.6. The van der Waals surface area contributed by atoms with Crippen LogP contribution in [-0.2, 0) is 4.79 Å². The maximum atomic E-state index is 13.1. The third-order valence-electron chi connectivity index (χ3n) is 5.98. The summed E-state index contributed by atoms with van der Waals surface area (Å²) in [5.41, 5.74) is 2.96. The molecule has 9 heteroatoms. The number of methoxy groups -OCH3 is 3. The number of ether oxygens (including phenoxy) is 3. The van der Waals surface area contributed by atoms with Gasteiger partial charge in [-0.3, -0.25) is 4.79 Å². The van der Waals surface area contributed by atoms with Gasteiger partial charge in [0.15, 0.2) is 23.1 Å². The molecule has 170 valence electrons. The largest absolute Gasteiger partial charge is 0.508 e. The maximum Gasteiger partial charge on any atom is 0.226 e. The number of hydrogen-bond acceptors (Lipinski definition) is 8. The smallest absolute Gasteiger partial charge is 0.226 e. The first-order valence-electron chi connectivity index (χ1n) is 10.6. The second-order valence-corrected chi connectivity index (χ2v) is 7.91. The molecule has 1 atom stereocenters. The fourth-order valence-corrected chi connectivity index (χ4v) is 4.49. The van der Waals surface area contributed by atoms with Gasteiger partial charge < -0.3 is 24.6 Å². The minimum absolute atomic E-state index is 0.0718. The maximum absolute atomic E-state index is 13.1. The second kappa shape index (κ2) is 8.16. The minimum Gasteiger partial charge on any atom is -0.508 e. The van der Waals surface area contributed by atoms with Gasteiger partial charge in [0, 0.05) is 23.3 Å². The topological polar surface area (TPSA) is 108 Å². The number of phenolic OH excluding ortho intramolecular Hbond substituents is 1. The first kappa shape index (κ1) is 20.9. The number of carbonyl (C=O) groups excluding carboxylic acids is 1. The number of carbonyl (C=O) groups is 1. The van der Waals surface area contributed by atoms with Gasteiger partial charge in [-0.15, -0.1) is 5.10 Å². The predicted molar refractivity (Wildman–Crippen MR) is 121 cm³/mol. The second-order valence-electron chi connectivity index (χ2n) is 7.91. The van der Waals surface area contributed by atoms with Crippen molar-refractivity contribution in [3.8, 4) is 34.4 Å². The Kier molecular flexibility index (Phi) is 5.16. The molecule has 1 aliphatic heterocycles. The van der Waals surface area contributed by atoms with E-state index in [9.17, 15) is 9.90 Å². The number of aromatic hydroxyl groups is 1. The van der Waals surface area contributed by atoms with Gasteiger partial charge in [-0.25, -0.2) is 4.68 Å². The lowest BCUT2D eigenvalue weighted by Gasteiger charge is -2.32. The van der Waals surface area contributed by atoms with E-state index in [1.165, 1.54) is 0 Å². The van der Waals surface area contributed by atoms with Gasteiger partial charge in [-0.05, 0) is 42.7 Å². The van der Waals surface area contributed by atoms with Crippen LogP contribution in [0, 0.1) is 0 Å². The molecule has 5 rings (SSSR count). The van der Waals surface area contributed by atoms with Crippen molar-refractivity contribution in [2.45, 2.75) is 25.3 Å². The highest BCUT2D eigenvalue weighted by Crippen LogP contribution is 2.45. The molecule has 2 aliphatic rings. The van der Waals surface area contributed by atoms with Crippen LogP contribution < -0.4 is 19.5 Å². The number of hydrogen-bond donors (Lipinski definition) is 2. The summed E-state index contributed by atoms with van der Waals surface area (Å²) in [6, 6.07) is 9.92. The van der Waals surface area contributed by atoms with Gasteiger partial charge in [0.05, 0.1) is 21.3 Å². The van der Waals surface area contributed by atoms with Crippen LogP contribution >= 0.6 is 0 Å². The van der Waals surface area contributed by atoms with Gasteiger partial charge in [0.25, 0.3) is 0 Å². The molecule has 0 amide bonds. The lowest BCUT2D eigenvalue weighted by molar-refractivity contribution is -0.116. The number of phenols is 1. The average molecular weight is 448 g/mol. The molecule has 0 radical (unpaired) electrons. The van der Waals surface area contributed by atoms with Crippen LogP contribution in [0.2, 0.25) is 0 Å². The molecule has 0 saturated carbocycles. The number of allylic oxidation sites excluding steroid dienone is 2. The Balaban J connectivity index is 1.72. The van der Waals surface area contributed by atoms with E-state index >= 15 is 0 Å². The summed E-state index contributed by atoms with van der Waals surface area (Å²) in [6.45, 7) is 0. The molecule has 3 aromatic rings. The molecular formula is C24H24N4O5. The van der Waals surface area contributed by atoms with E-state index in [2.05, 4.69) is 10.3 Å². The molecule has 9 nitrogen and oxygen atoms in total. The average Bonchev–Trinajstić information content (AvgIpc) is 3.25. The Labute approximate surface area is 190 Å². The summed E-state index contributed by atoms with van der Waals surface area (Å²) >= 11 is 0. The van der Waals surface area contributed by atoms with E-state index in [1.807, 2.05) is 18.2 Å². The van der Waals surface area contributed by atoms with Crippen LogP contribution in [0.4, 0.5) is 5.95 Å². The highest BCUT2D eigenvalue weighted by atomic mass is 16.5. The zero-order chi connectivity index (χ0) is 23.1. The predicted octanol–water partition coefficient (Wildman–Crippen LogP) is 3.70. The van der Waals surface area contributed by atoms with Crippen LogP contribution in [0.1, 0.15) is 30.9 Å². The van der Waals surface area contributed by atoms with E-state index < -0.39 is 6.04 Å². The molecule has 0 saturated heterocycles. The Hall–Kier alpha value is -4.01. The standard InChI is InChI=1S/C24H24N4O5/c1-31-18-11-14(12-19(32-2)22(18)33-3)21-20-16(8-5-9-17(20)30)25-24-26-23(27-28(21)24)13-6-4-7-15(29)10-13/h4,6-7,10-12,21,29H,5,8-9H2,1-3H3,(H,25,26,27)/t21-/m1/s1. The van der Waals surface area contributed by atoms with Crippen LogP contribution in [0.3, 0.4) is 0 Å². The van der Waals surface area contributed by atoms with Crippen molar-refractivity contribution >= 4 is 11.7 Å².